The average molecular weight is 366 g/mol. The lowest BCUT2D eigenvalue weighted by Gasteiger charge is -2.06. The van der Waals surface area contributed by atoms with Gasteiger partial charge in [0.15, 0.2) is 6.61 Å². The van der Waals surface area contributed by atoms with E-state index in [0.29, 0.717) is 5.56 Å². The lowest BCUT2D eigenvalue weighted by Crippen LogP contribution is -2.28. The highest BCUT2D eigenvalue weighted by Gasteiger charge is 2.08. The van der Waals surface area contributed by atoms with Crippen molar-refractivity contribution in [2.45, 2.75) is 6.54 Å². The number of hydrogen-bond donors (Lipinski definition) is 1. The second-order valence-electron chi connectivity index (χ2n) is 4.94. The van der Waals surface area contributed by atoms with Crippen LogP contribution in [0.4, 0.5) is 8.78 Å². The summed E-state index contributed by atoms with van der Waals surface area (Å²) in [6.45, 7) is -0.563. The number of nitrogens with one attached hydrogen (secondary N) is 1. The van der Waals surface area contributed by atoms with Gasteiger partial charge in [-0.3, -0.25) is 4.79 Å². The molecule has 0 saturated heterocycles. The fraction of sp³-hybridized carbons (Fsp3) is 0.111. The summed E-state index contributed by atoms with van der Waals surface area (Å²) >= 11 is 5.81. The van der Waals surface area contributed by atoms with E-state index in [0.717, 1.165) is 12.2 Å². The Morgan fingerprint density at radius 1 is 1.08 bits per heavy atom. The number of ether oxygens (including phenoxy) is 1. The van der Waals surface area contributed by atoms with Crippen LogP contribution in [-0.4, -0.2) is 18.5 Å². The van der Waals surface area contributed by atoms with Crippen molar-refractivity contribution in [2.24, 2.45) is 0 Å². The number of benzene rings is 2. The topological polar surface area (TPSA) is 55.4 Å². The maximum absolute atomic E-state index is 13.5. The molecule has 0 unspecified atom stereocenters. The van der Waals surface area contributed by atoms with Gasteiger partial charge < -0.3 is 10.1 Å². The zero-order valence-electron chi connectivity index (χ0n) is 13.0. The van der Waals surface area contributed by atoms with Gasteiger partial charge in [-0.25, -0.2) is 13.6 Å². The first-order chi connectivity index (χ1) is 12.0. The Balaban J connectivity index is 1.80. The normalized spacial score (nSPS) is 10.7. The molecule has 25 heavy (non-hydrogen) atoms. The van der Waals surface area contributed by atoms with E-state index in [1.807, 2.05) is 0 Å². The number of carbonyl (C=O) groups excluding carboxylic acids is 2. The minimum Gasteiger partial charge on any atom is -0.452 e. The van der Waals surface area contributed by atoms with Crippen LogP contribution in [0.25, 0.3) is 6.08 Å². The van der Waals surface area contributed by atoms with Gasteiger partial charge in [0.25, 0.3) is 5.91 Å². The largest absolute Gasteiger partial charge is 0.452 e. The molecule has 130 valence electrons. The molecule has 0 aromatic heterocycles. The van der Waals surface area contributed by atoms with Gasteiger partial charge in [-0.15, -0.1) is 0 Å². The van der Waals surface area contributed by atoms with Gasteiger partial charge in [0.2, 0.25) is 0 Å². The zero-order valence-corrected chi connectivity index (χ0v) is 13.7. The van der Waals surface area contributed by atoms with Crippen molar-refractivity contribution in [3.05, 3.63) is 76.3 Å². The Bertz CT molecular complexity index is 788. The van der Waals surface area contributed by atoms with Gasteiger partial charge in [0.1, 0.15) is 11.6 Å². The van der Waals surface area contributed by atoms with E-state index in [9.17, 15) is 18.4 Å². The standard InChI is InChI=1S/C18H14ClF2NO3/c19-14-5-3-7-16(21)13(14)8-9-18(24)25-11-17(23)22-10-12-4-1-2-6-15(12)20/h1-9H,10-11H2,(H,22,23)/b9-8+. The first kappa shape index (κ1) is 18.6. The molecule has 0 aliphatic carbocycles. The zero-order chi connectivity index (χ0) is 18.2. The second-order valence-corrected chi connectivity index (χ2v) is 5.35. The third-order valence-corrected chi connectivity index (χ3v) is 3.49. The summed E-state index contributed by atoms with van der Waals surface area (Å²) in [7, 11) is 0. The van der Waals surface area contributed by atoms with Crippen molar-refractivity contribution >= 4 is 29.6 Å². The molecule has 0 aliphatic rings. The molecule has 0 aliphatic heterocycles. The lowest BCUT2D eigenvalue weighted by atomic mass is 10.2. The van der Waals surface area contributed by atoms with Crippen LogP contribution in [0.2, 0.25) is 5.02 Å². The molecule has 1 N–H and O–H groups in total. The predicted octanol–water partition coefficient (Wildman–Crippen LogP) is 3.49. The van der Waals surface area contributed by atoms with E-state index in [-0.39, 0.29) is 17.1 Å². The summed E-state index contributed by atoms with van der Waals surface area (Å²) in [5, 5.41) is 2.57. The van der Waals surface area contributed by atoms with Crippen molar-refractivity contribution in [2.75, 3.05) is 6.61 Å². The minimum absolute atomic E-state index is 0.0241. The number of esters is 1. The van der Waals surface area contributed by atoms with Crippen molar-refractivity contribution in [3.8, 4) is 0 Å². The van der Waals surface area contributed by atoms with E-state index < -0.39 is 30.1 Å². The molecule has 0 saturated carbocycles. The van der Waals surface area contributed by atoms with E-state index in [2.05, 4.69) is 5.32 Å². The van der Waals surface area contributed by atoms with Gasteiger partial charge in [0.05, 0.1) is 5.02 Å². The Morgan fingerprint density at radius 2 is 1.80 bits per heavy atom. The maximum Gasteiger partial charge on any atom is 0.331 e. The fourth-order valence-corrected chi connectivity index (χ4v) is 2.12. The van der Waals surface area contributed by atoms with Crippen molar-refractivity contribution in [1.82, 2.24) is 5.32 Å². The number of hydrogen-bond acceptors (Lipinski definition) is 3. The van der Waals surface area contributed by atoms with Crippen LogP contribution in [0.3, 0.4) is 0 Å². The molecule has 2 aromatic rings. The minimum atomic E-state index is -0.833. The third kappa shape index (κ3) is 5.69. The SMILES string of the molecule is O=C(COC(=O)/C=C/c1c(F)cccc1Cl)NCc1ccccc1F. The lowest BCUT2D eigenvalue weighted by molar-refractivity contribution is -0.143. The molecule has 0 atom stereocenters. The van der Waals surface area contributed by atoms with Gasteiger partial charge in [0, 0.05) is 23.7 Å². The monoisotopic (exact) mass is 365 g/mol. The second kappa shape index (κ2) is 8.94. The molecular formula is C18H14ClF2NO3. The van der Waals surface area contributed by atoms with Gasteiger partial charge in [-0.1, -0.05) is 35.9 Å². The summed E-state index contributed by atoms with van der Waals surface area (Å²) in [4.78, 5) is 23.2. The molecule has 0 fully saturated rings. The first-order valence-corrected chi connectivity index (χ1v) is 7.64. The number of carbonyl (C=O) groups is 2. The van der Waals surface area contributed by atoms with E-state index in [4.69, 9.17) is 16.3 Å². The molecule has 0 heterocycles. The Morgan fingerprint density at radius 3 is 2.52 bits per heavy atom. The average Bonchev–Trinajstić information content (AvgIpc) is 2.59. The Kier molecular flexibility index (Phi) is 6.65. The molecule has 1 amide bonds. The van der Waals surface area contributed by atoms with Gasteiger partial charge in [-0.2, -0.15) is 0 Å². The quantitative estimate of drug-likeness (QED) is 0.629. The summed E-state index contributed by atoms with van der Waals surface area (Å²) in [5.41, 5.74) is 0.362. The highest BCUT2D eigenvalue weighted by molar-refractivity contribution is 6.32. The Labute approximate surface area is 148 Å². The third-order valence-electron chi connectivity index (χ3n) is 3.17. The van der Waals surface area contributed by atoms with Crippen LogP contribution in [0, 0.1) is 11.6 Å². The van der Waals surface area contributed by atoms with Crippen LogP contribution >= 0.6 is 11.6 Å². The van der Waals surface area contributed by atoms with Gasteiger partial charge in [-0.05, 0) is 24.3 Å². The highest BCUT2D eigenvalue weighted by atomic mass is 35.5. The summed E-state index contributed by atoms with van der Waals surface area (Å²) in [6, 6.07) is 10.1. The molecule has 0 bridgehead atoms. The maximum atomic E-state index is 13.5. The van der Waals surface area contributed by atoms with Gasteiger partial charge >= 0.3 is 5.97 Å². The van der Waals surface area contributed by atoms with E-state index >= 15 is 0 Å². The van der Waals surface area contributed by atoms with Crippen LogP contribution < -0.4 is 5.32 Å². The molecule has 2 aromatic carbocycles. The van der Waals surface area contributed by atoms with Crippen molar-refractivity contribution in [1.29, 1.82) is 0 Å². The molecule has 7 heteroatoms. The van der Waals surface area contributed by atoms with Crippen LogP contribution in [0.15, 0.2) is 48.5 Å². The fourth-order valence-electron chi connectivity index (χ4n) is 1.89. The summed E-state index contributed by atoms with van der Waals surface area (Å²) < 4.78 is 31.6. The molecule has 4 nitrogen and oxygen atoms in total. The summed E-state index contributed by atoms with van der Waals surface area (Å²) in [5.74, 6) is -2.45. The predicted molar refractivity (Wildman–Crippen MR) is 89.6 cm³/mol. The Hall–Kier alpha value is -2.73. The first-order valence-electron chi connectivity index (χ1n) is 7.26. The molecule has 0 radical (unpaired) electrons. The number of halogens is 3. The number of rotatable bonds is 6. The highest BCUT2D eigenvalue weighted by Crippen LogP contribution is 2.20. The molecule has 0 spiro atoms. The van der Waals surface area contributed by atoms with Crippen LogP contribution in [0.1, 0.15) is 11.1 Å². The van der Waals surface area contributed by atoms with Crippen LogP contribution in [-0.2, 0) is 20.9 Å². The number of amides is 1. The summed E-state index contributed by atoms with van der Waals surface area (Å²) in [6.07, 6.45) is 2.13. The van der Waals surface area contributed by atoms with Crippen molar-refractivity contribution < 1.29 is 23.1 Å². The molecule has 2 rings (SSSR count). The van der Waals surface area contributed by atoms with Crippen LogP contribution in [0.5, 0.6) is 0 Å². The van der Waals surface area contributed by atoms with E-state index in [1.54, 1.807) is 6.07 Å². The van der Waals surface area contributed by atoms with Crippen molar-refractivity contribution in [3.63, 3.8) is 0 Å². The molecular weight excluding hydrogens is 352 g/mol. The van der Waals surface area contributed by atoms with E-state index in [1.165, 1.54) is 36.4 Å². The smallest absolute Gasteiger partial charge is 0.331 e.